The molecule has 2 atom stereocenters. The van der Waals surface area contributed by atoms with E-state index in [1.54, 1.807) is 0 Å². The summed E-state index contributed by atoms with van der Waals surface area (Å²) >= 11 is 1.92. The minimum Gasteiger partial charge on any atom is -0.312 e. The Kier molecular flexibility index (Phi) is 4.19. The van der Waals surface area contributed by atoms with Crippen molar-refractivity contribution >= 4 is 21.4 Å². The zero-order chi connectivity index (χ0) is 12.3. The average molecular weight is 247 g/mol. The van der Waals surface area contributed by atoms with Gasteiger partial charge in [0.05, 0.1) is 0 Å². The second-order valence-electron chi connectivity index (χ2n) is 4.72. The zero-order valence-corrected chi connectivity index (χ0v) is 11.7. The first-order valence-electron chi connectivity index (χ1n) is 6.42. The molecule has 0 aliphatic rings. The predicted molar refractivity (Wildman–Crippen MR) is 77.7 cm³/mol. The Morgan fingerprint density at radius 1 is 1.29 bits per heavy atom. The molecule has 1 aromatic carbocycles. The van der Waals surface area contributed by atoms with Crippen LogP contribution in [-0.2, 0) is 0 Å². The monoisotopic (exact) mass is 247 g/mol. The fourth-order valence-electron chi connectivity index (χ4n) is 2.48. The Hall–Kier alpha value is -0.860. The first kappa shape index (κ1) is 12.6. The Balaban J connectivity index is 2.29. The van der Waals surface area contributed by atoms with Crippen molar-refractivity contribution in [3.05, 3.63) is 35.2 Å². The van der Waals surface area contributed by atoms with Crippen molar-refractivity contribution in [3.63, 3.8) is 0 Å². The Morgan fingerprint density at radius 3 is 2.71 bits per heavy atom. The van der Waals surface area contributed by atoms with Crippen molar-refractivity contribution in [2.45, 2.75) is 32.7 Å². The van der Waals surface area contributed by atoms with E-state index in [4.69, 9.17) is 0 Å². The topological polar surface area (TPSA) is 12.0 Å². The van der Waals surface area contributed by atoms with Crippen molar-refractivity contribution in [2.75, 3.05) is 7.05 Å². The molecule has 92 valence electrons. The van der Waals surface area contributed by atoms with Crippen molar-refractivity contribution in [1.29, 1.82) is 0 Å². The standard InChI is InChI=1S/C15H21NS/c1-4-7-11(2)15(16-3)14-10-12-8-5-6-9-13(12)17-14/h5-6,8-11,15-16H,4,7H2,1-3H3. The number of rotatable bonds is 5. The van der Waals surface area contributed by atoms with Gasteiger partial charge in [0.2, 0.25) is 0 Å². The van der Waals surface area contributed by atoms with Gasteiger partial charge >= 0.3 is 0 Å². The number of fused-ring (bicyclic) bond motifs is 1. The lowest BCUT2D eigenvalue weighted by molar-refractivity contribution is 0.389. The molecule has 0 aliphatic carbocycles. The molecule has 0 fully saturated rings. The van der Waals surface area contributed by atoms with Crippen molar-refractivity contribution in [2.24, 2.45) is 5.92 Å². The van der Waals surface area contributed by atoms with E-state index in [0.29, 0.717) is 12.0 Å². The molecule has 2 heteroatoms. The number of hydrogen-bond acceptors (Lipinski definition) is 2. The second-order valence-corrected chi connectivity index (χ2v) is 5.83. The first-order valence-corrected chi connectivity index (χ1v) is 7.23. The molecule has 1 nitrogen and oxygen atoms in total. The van der Waals surface area contributed by atoms with Gasteiger partial charge < -0.3 is 5.32 Å². The molecule has 0 amide bonds. The third-order valence-corrected chi connectivity index (χ3v) is 4.57. The van der Waals surface area contributed by atoms with Gasteiger partial charge in [0, 0.05) is 15.6 Å². The summed E-state index contributed by atoms with van der Waals surface area (Å²) in [6, 6.07) is 11.5. The summed E-state index contributed by atoms with van der Waals surface area (Å²) in [6.45, 7) is 4.60. The number of nitrogens with one attached hydrogen (secondary N) is 1. The largest absolute Gasteiger partial charge is 0.312 e. The minimum absolute atomic E-state index is 0.493. The van der Waals surface area contributed by atoms with Crippen LogP contribution in [0.3, 0.4) is 0 Å². The lowest BCUT2D eigenvalue weighted by atomic mass is 9.95. The quantitative estimate of drug-likeness (QED) is 0.814. The molecule has 1 aromatic heterocycles. The van der Waals surface area contributed by atoms with Gasteiger partial charge in [0.25, 0.3) is 0 Å². The highest BCUT2D eigenvalue weighted by Crippen LogP contribution is 2.34. The van der Waals surface area contributed by atoms with Crippen LogP contribution < -0.4 is 5.32 Å². The average Bonchev–Trinajstić information content (AvgIpc) is 2.73. The molecule has 0 spiro atoms. The molecular weight excluding hydrogens is 226 g/mol. The summed E-state index contributed by atoms with van der Waals surface area (Å²) in [6.07, 6.45) is 2.53. The smallest absolute Gasteiger partial charge is 0.0438 e. The molecule has 2 aromatic rings. The van der Waals surface area contributed by atoms with Crippen LogP contribution in [0.2, 0.25) is 0 Å². The van der Waals surface area contributed by atoms with E-state index in [-0.39, 0.29) is 0 Å². The molecular formula is C15H21NS. The molecule has 17 heavy (non-hydrogen) atoms. The van der Waals surface area contributed by atoms with Crippen molar-refractivity contribution in [3.8, 4) is 0 Å². The van der Waals surface area contributed by atoms with E-state index in [1.807, 2.05) is 11.3 Å². The molecule has 0 bridgehead atoms. The first-order chi connectivity index (χ1) is 8.26. The number of hydrogen-bond donors (Lipinski definition) is 1. The van der Waals surface area contributed by atoms with Gasteiger partial charge in [-0.25, -0.2) is 0 Å². The molecule has 0 saturated heterocycles. The van der Waals surface area contributed by atoms with Crippen LogP contribution in [0.1, 0.15) is 37.6 Å². The van der Waals surface area contributed by atoms with Crippen LogP contribution in [0.15, 0.2) is 30.3 Å². The van der Waals surface area contributed by atoms with Gasteiger partial charge in [-0.15, -0.1) is 11.3 Å². The van der Waals surface area contributed by atoms with E-state index in [0.717, 1.165) is 0 Å². The van der Waals surface area contributed by atoms with Crippen LogP contribution in [-0.4, -0.2) is 7.05 Å². The lowest BCUT2D eigenvalue weighted by Crippen LogP contribution is -2.22. The highest BCUT2D eigenvalue weighted by atomic mass is 32.1. The fourth-order valence-corrected chi connectivity index (χ4v) is 3.79. The van der Waals surface area contributed by atoms with Gasteiger partial charge in [-0.3, -0.25) is 0 Å². The highest BCUT2D eigenvalue weighted by molar-refractivity contribution is 7.19. The summed E-state index contributed by atoms with van der Waals surface area (Å²) < 4.78 is 1.39. The normalized spacial score (nSPS) is 15.0. The van der Waals surface area contributed by atoms with Crippen molar-refractivity contribution in [1.82, 2.24) is 5.32 Å². The maximum absolute atomic E-state index is 3.47. The Bertz CT molecular complexity index is 441. The van der Waals surface area contributed by atoms with E-state index >= 15 is 0 Å². The van der Waals surface area contributed by atoms with Crippen LogP contribution in [0.25, 0.3) is 10.1 Å². The summed E-state index contributed by atoms with van der Waals surface area (Å²) in [4.78, 5) is 1.47. The maximum atomic E-state index is 3.47. The fraction of sp³-hybridized carbons (Fsp3) is 0.467. The van der Waals surface area contributed by atoms with E-state index < -0.39 is 0 Å². The third kappa shape index (κ3) is 2.70. The SMILES string of the molecule is CCCC(C)C(NC)c1cc2ccccc2s1. The van der Waals surface area contributed by atoms with E-state index in [9.17, 15) is 0 Å². The van der Waals surface area contributed by atoms with Crippen LogP contribution in [0.4, 0.5) is 0 Å². The summed E-state index contributed by atoms with van der Waals surface area (Å²) in [7, 11) is 2.07. The van der Waals surface area contributed by atoms with Gasteiger partial charge in [-0.05, 0) is 36.9 Å². The predicted octanol–water partition coefficient (Wildman–Crippen LogP) is 4.60. The van der Waals surface area contributed by atoms with Crippen LogP contribution in [0, 0.1) is 5.92 Å². The molecule has 1 heterocycles. The summed E-state index contributed by atoms with van der Waals surface area (Å²) in [5, 5.41) is 4.85. The van der Waals surface area contributed by atoms with Gasteiger partial charge in [0.1, 0.15) is 0 Å². The van der Waals surface area contributed by atoms with Crippen LogP contribution in [0.5, 0.6) is 0 Å². The molecule has 0 radical (unpaired) electrons. The maximum Gasteiger partial charge on any atom is 0.0438 e. The lowest BCUT2D eigenvalue weighted by Gasteiger charge is -2.21. The van der Waals surface area contributed by atoms with Gasteiger partial charge in [-0.2, -0.15) is 0 Å². The molecule has 0 saturated carbocycles. The molecule has 2 rings (SSSR count). The van der Waals surface area contributed by atoms with Gasteiger partial charge in [0.15, 0.2) is 0 Å². The number of thiophene rings is 1. The second kappa shape index (κ2) is 5.65. The van der Waals surface area contributed by atoms with E-state index in [2.05, 4.69) is 56.5 Å². The molecule has 0 aliphatic heterocycles. The Labute approximate surface area is 108 Å². The van der Waals surface area contributed by atoms with E-state index in [1.165, 1.54) is 27.8 Å². The minimum atomic E-state index is 0.493. The highest BCUT2D eigenvalue weighted by Gasteiger charge is 2.18. The van der Waals surface area contributed by atoms with Crippen LogP contribution >= 0.6 is 11.3 Å². The Morgan fingerprint density at radius 2 is 2.06 bits per heavy atom. The molecule has 2 unspecified atom stereocenters. The zero-order valence-electron chi connectivity index (χ0n) is 10.9. The molecule has 1 N–H and O–H groups in total. The summed E-state index contributed by atoms with van der Waals surface area (Å²) in [5.41, 5.74) is 0. The van der Waals surface area contributed by atoms with Crippen molar-refractivity contribution < 1.29 is 0 Å². The third-order valence-electron chi connectivity index (χ3n) is 3.38. The summed E-state index contributed by atoms with van der Waals surface area (Å²) in [5.74, 6) is 0.693. The van der Waals surface area contributed by atoms with Gasteiger partial charge in [-0.1, -0.05) is 38.5 Å². The number of benzene rings is 1.